The maximum absolute atomic E-state index is 9.91. The van der Waals surface area contributed by atoms with E-state index in [9.17, 15) is 15.3 Å². The molecule has 0 spiro atoms. The summed E-state index contributed by atoms with van der Waals surface area (Å²) in [6.07, 6.45) is -0.754. The second-order valence-electron chi connectivity index (χ2n) is 6.24. The van der Waals surface area contributed by atoms with Gasteiger partial charge in [-0.2, -0.15) is 0 Å². The Balaban J connectivity index is 2.54. The summed E-state index contributed by atoms with van der Waals surface area (Å²) in [6.45, 7) is 0.364. The molecule has 148 valence electrons. The third kappa shape index (κ3) is 5.48. The van der Waals surface area contributed by atoms with Gasteiger partial charge in [0.05, 0.1) is 25.9 Å². The molecule has 2 rings (SSSR count). The zero-order chi connectivity index (χ0) is 19.8. The van der Waals surface area contributed by atoms with Crippen molar-refractivity contribution in [2.24, 2.45) is 0 Å². The fraction of sp³-hybridized carbons (Fsp3) is 0.368. The third-order valence-corrected chi connectivity index (χ3v) is 4.14. The van der Waals surface area contributed by atoms with E-state index >= 15 is 0 Å². The fourth-order valence-electron chi connectivity index (χ4n) is 2.91. The number of nitrogen functional groups attached to an aromatic ring is 2. The first-order chi connectivity index (χ1) is 13.0. The van der Waals surface area contributed by atoms with Crippen LogP contribution in [0.5, 0.6) is 0 Å². The van der Waals surface area contributed by atoms with Crippen molar-refractivity contribution in [2.45, 2.75) is 12.5 Å². The molecule has 0 aliphatic carbocycles. The largest absolute Gasteiger partial charge is 0.399 e. The van der Waals surface area contributed by atoms with Crippen LogP contribution in [0.1, 0.15) is 5.56 Å². The molecule has 0 aromatic heterocycles. The quantitative estimate of drug-likeness (QED) is 0.274. The highest BCUT2D eigenvalue weighted by molar-refractivity contribution is 5.86. The minimum absolute atomic E-state index is 0.0100. The Morgan fingerprint density at radius 1 is 0.889 bits per heavy atom. The van der Waals surface area contributed by atoms with Crippen molar-refractivity contribution in [2.75, 3.05) is 55.0 Å². The SMILES string of the molecule is Nc1cc(N)c(CC(O)CO)c(-c2ccc(NCCO)cc2NCCO)c1. The summed E-state index contributed by atoms with van der Waals surface area (Å²) in [7, 11) is 0. The van der Waals surface area contributed by atoms with Gasteiger partial charge in [-0.1, -0.05) is 6.07 Å². The number of benzene rings is 2. The van der Waals surface area contributed by atoms with Gasteiger partial charge >= 0.3 is 0 Å². The normalized spacial score (nSPS) is 12.0. The highest BCUT2D eigenvalue weighted by Gasteiger charge is 2.17. The van der Waals surface area contributed by atoms with Crippen molar-refractivity contribution in [3.8, 4) is 11.1 Å². The Morgan fingerprint density at radius 2 is 1.59 bits per heavy atom. The van der Waals surface area contributed by atoms with E-state index in [-0.39, 0.29) is 26.2 Å². The molecule has 8 heteroatoms. The summed E-state index contributed by atoms with van der Waals surface area (Å²) in [5.41, 5.74) is 16.8. The first-order valence-electron chi connectivity index (χ1n) is 8.80. The lowest BCUT2D eigenvalue weighted by molar-refractivity contribution is 0.0957. The molecular weight excluding hydrogens is 348 g/mol. The number of nitrogens with two attached hydrogens (primary N) is 2. The second-order valence-corrected chi connectivity index (χ2v) is 6.24. The van der Waals surface area contributed by atoms with Crippen LogP contribution in [0.2, 0.25) is 0 Å². The van der Waals surface area contributed by atoms with Gasteiger partial charge in [-0.05, 0) is 35.4 Å². The van der Waals surface area contributed by atoms with E-state index in [0.717, 1.165) is 22.5 Å². The van der Waals surface area contributed by atoms with Gasteiger partial charge in [-0.25, -0.2) is 0 Å². The third-order valence-electron chi connectivity index (χ3n) is 4.14. The predicted molar refractivity (Wildman–Crippen MR) is 109 cm³/mol. The number of hydrogen-bond donors (Lipinski definition) is 8. The van der Waals surface area contributed by atoms with E-state index in [2.05, 4.69) is 10.6 Å². The van der Waals surface area contributed by atoms with Gasteiger partial charge in [0.15, 0.2) is 0 Å². The van der Waals surface area contributed by atoms with Gasteiger partial charge < -0.3 is 42.5 Å². The summed E-state index contributed by atoms with van der Waals surface area (Å²) in [5, 5.41) is 43.6. The van der Waals surface area contributed by atoms with Gasteiger partial charge in [0, 0.05) is 47.8 Å². The molecule has 0 heterocycles. The Kier molecular flexibility index (Phi) is 7.68. The van der Waals surface area contributed by atoms with Crippen molar-refractivity contribution in [3.63, 3.8) is 0 Å². The molecule has 0 radical (unpaired) electrons. The summed E-state index contributed by atoms with van der Waals surface area (Å²) in [6, 6.07) is 9.01. The molecule has 1 atom stereocenters. The molecule has 0 aliphatic heterocycles. The van der Waals surface area contributed by atoms with E-state index in [1.165, 1.54) is 0 Å². The maximum atomic E-state index is 9.91. The van der Waals surface area contributed by atoms with Crippen molar-refractivity contribution >= 4 is 22.7 Å². The molecular formula is C19H28N4O4. The lowest BCUT2D eigenvalue weighted by Crippen LogP contribution is -2.17. The lowest BCUT2D eigenvalue weighted by Gasteiger charge is -2.20. The van der Waals surface area contributed by atoms with Crippen LogP contribution in [0.15, 0.2) is 30.3 Å². The summed E-state index contributed by atoms with van der Waals surface area (Å²) in [5.74, 6) is 0. The molecule has 2 aromatic rings. The van der Waals surface area contributed by atoms with Gasteiger partial charge in [0.2, 0.25) is 0 Å². The van der Waals surface area contributed by atoms with Crippen molar-refractivity contribution in [1.29, 1.82) is 0 Å². The average molecular weight is 376 g/mol. The van der Waals surface area contributed by atoms with Gasteiger partial charge in [0.25, 0.3) is 0 Å². The van der Waals surface area contributed by atoms with Crippen LogP contribution in [0.3, 0.4) is 0 Å². The zero-order valence-corrected chi connectivity index (χ0v) is 15.2. The van der Waals surface area contributed by atoms with E-state index < -0.39 is 6.10 Å². The molecule has 0 amide bonds. The Hall–Kier alpha value is -2.52. The molecule has 0 saturated heterocycles. The number of anilines is 4. The second kappa shape index (κ2) is 9.98. The van der Waals surface area contributed by atoms with Crippen LogP contribution in [0, 0.1) is 0 Å². The smallest absolute Gasteiger partial charge is 0.0812 e. The molecule has 2 aromatic carbocycles. The molecule has 27 heavy (non-hydrogen) atoms. The highest BCUT2D eigenvalue weighted by Crippen LogP contribution is 2.37. The van der Waals surface area contributed by atoms with Crippen molar-refractivity contribution < 1.29 is 20.4 Å². The number of aliphatic hydroxyl groups excluding tert-OH is 4. The number of aliphatic hydroxyl groups is 4. The summed E-state index contributed by atoms with van der Waals surface area (Å²) < 4.78 is 0. The Bertz CT molecular complexity index is 755. The molecule has 0 bridgehead atoms. The lowest BCUT2D eigenvalue weighted by atomic mass is 9.92. The van der Waals surface area contributed by atoms with Crippen LogP contribution in [-0.2, 0) is 6.42 Å². The summed E-state index contributed by atoms with van der Waals surface area (Å²) >= 11 is 0. The first kappa shape index (κ1) is 20.8. The first-order valence-corrected chi connectivity index (χ1v) is 8.80. The van der Waals surface area contributed by atoms with Gasteiger partial charge in [-0.3, -0.25) is 0 Å². The van der Waals surface area contributed by atoms with Crippen LogP contribution < -0.4 is 22.1 Å². The minimum Gasteiger partial charge on any atom is -0.399 e. The number of nitrogens with one attached hydrogen (secondary N) is 2. The van der Waals surface area contributed by atoms with Crippen LogP contribution in [0.25, 0.3) is 11.1 Å². The van der Waals surface area contributed by atoms with Gasteiger partial charge in [-0.15, -0.1) is 0 Å². The maximum Gasteiger partial charge on any atom is 0.0812 e. The molecule has 0 fully saturated rings. The van der Waals surface area contributed by atoms with Crippen molar-refractivity contribution in [3.05, 3.63) is 35.9 Å². The molecule has 1 unspecified atom stereocenters. The topological polar surface area (TPSA) is 157 Å². The molecule has 0 aliphatic rings. The van der Waals surface area contributed by atoms with E-state index in [1.54, 1.807) is 12.1 Å². The minimum atomic E-state index is -0.936. The predicted octanol–water partition coefficient (Wildman–Crippen LogP) is 0.222. The van der Waals surface area contributed by atoms with Crippen molar-refractivity contribution in [1.82, 2.24) is 0 Å². The van der Waals surface area contributed by atoms with Crippen LogP contribution >= 0.6 is 0 Å². The monoisotopic (exact) mass is 376 g/mol. The molecule has 0 saturated carbocycles. The zero-order valence-electron chi connectivity index (χ0n) is 15.2. The standard InChI is InChI=1S/C19H28N4O4/c20-12-7-16(17(18(21)8-12)10-14(27)11-26)15-2-1-13(22-3-5-24)9-19(15)23-4-6-25/h1-2,7-9,14,22-27H,3-6,10-11,20-21H2. The average Bonchev–Trinajstić information content (AvgIpc) is 2.66. The van der Waals surface area contributed by atoms with Crippen LogP contribution in [0.4, 0.5) is 22.7 Å². The highest BCUT2D eigenvalue weighted by atomic mass is 16.3. The number of hydrogen-bond acceptors (Lipinski definition) is 8. The van der Waals surface area contributed by atoms with E-state index in [1.807, 2.05) is 18.2 Å². The van der Waals surface area contributed by atoms with Crippen LogP contribution in [-0.4, -0.2) is 59.4 Å². The van der Waals surface area contributed by atoms with E-state index in [0.29, 0.717) is 30.0 Å². The van der Waals surface area contributed by atoms with Gasteiger partial charge in [0.1, 0.15) is 0 Å². The fourth-order valence-corrected chi connectivity index (χ4v) is 2.91. The Morgan fingerprint density at radius 3 is 2.26 bits per heavy atom. The summed E-state index contributed by atoms with van der Waals surface area (Å²) in [4.78, 5) is 0. The number of rotatable bonds is 10. The molecule has 8 nitrogen and oxygen atoms in total. The Labute approximate surface area is 158 Å². The molecule has 10 N–H and O–H groups in total. The van der Waals surface area contributed by atoms with E-state index in [4.69, 9.17) is 16.6 Å².